The highest BCUT2D eigenvalue weighted by molar-refractivity contribution is 6.32. The molecule has 2 fully saturated rings. The molecule has 0 bridgehead atoms. The van der Waals surface area contributed by atoms with Crippen LogP contribution in [0.3, 0.4) is 0 Å². The van der Waals surface area contributed by atoms with Crippen LogP contribution in [0.15, 0.2) is 17.1 Å². The lowest BCUT2D eigenvalue weighted by atomic mass is 9.87. The smallest absolute Gasteiger partial charge is 0.193 e. The Morgan fingerprint density at radius 1 is 1.42 bits per heavy atom. The molecule has 7 heteroatoms. The highest BCUT2D eigenvalue weighted by Gasteiger charge is 2.42. The van der Waals surface area contributed by atoms with Crippen LogP contribution in [-0.4, -0.2) is 57.9 Å². The second kappa shape index (κ2) is 8.35. The summed E-state index contributed by atoms with van der Waals surface area (Å²) in [5.74, 6) is 2.15. The zero-order valence-electron chi connectivity index (χ0n) is 15.8. The molecule has 6 nitrogen and oxygen atoms in total. The number of benzene rings is 1. The first-order valence-corrected chi connectivity index (χ1v) is 9.51. The van der Waals surface area contributed by atoms with Gasteiger partial charge in [-0.15, -0.1) is 0 Å². The Hall–Kier alpha value is -1.66. The van der Waals surface area contributed by atoms with Crippen molar-refractivity contribution in [3.8, 4) is 11.5 Å². The average molecular weight is 382 g/mol. The van der Waals surface area contributed by atoms with Crippen LogP contribution >= 0.6 is 11.6 Å². The van der Waals surface area contributed by atoms with Crippen LogP contribution in [-0.2, 0) is 11.3 Å². The van der Waals surface area contributed by atoms with E-state index in [2.05, 4.69) is 15.2 Å². The van der Waals surface area contributed by atoms with E-state index in [4.69, 9.17) is 25.8 Å². The van der Waals surface area contributed by atoms with E-state index < -0.39 is 0 Å². The Balaban J connectivity index is 1.65. The third kappa shape index (κ3) is 4.01. The second-order valence-corrected chi connectivity index (χ2v) is 7.32. The van der Waals surface area contributed by atoms with Crippen molar-refractivity contribution in [3.63, 3.8) is 0 Å². The molecular formula is C19H28ClN3O3. The van der Waals surface area contributed by atoms with Gasteiger partial charge in [-0.2, -0.15) is 0 Å². The van der Waals surface area contributed by atoms with Gasteiger partial charge in [0.05, 0.1) is 25.3 Å². The molecule has 0 aromatic heterocycles. The Morgan fingerprint density at radius 2 is 2.27 bits per heavy atom. The highest BCUT2D eigenvalue weighted by atomic mass is 35.5. The lowest BCUT2D eigenvalue weighted by Gasteiger charge is -2.25. The molecule has 2 saturated heterocycles. The summed E-state index contributed by atoms with van der Waals surface area (Å²) in [4.78, 5) is 6.77. The molecule has 144 valence electrons. The number of nitrogens with one attached hydrogen (secondary N) is 1. The average Bonchev–Trinajstić information content (AvgIpc) is 3.28. The van der Waals surface area contributed by atoms with Gasteiger partial charge in [0.1, 0.15) is 0 Å². The van der Waals surface area contributed by atoms with Gasteiger partial charge < -0.3 is 24.4 Å². The minimum absolute atomic E-state index is 0.309. The Bertz CT molecular complexity index is 660. The number of aliphatic imine (C=N–C) groups is 1. The van der Waals surface area contributed by atoms with E-state index >= 15 is 0 Å². The summed E-state index contributed by atoms with van der Waals surface area (Å²) in [6.07, 6.45) is 2.31. The van der Waals surface area contributed by atoms with E-state index in [1.54, 1.807) is 7.11 Å². The van der Waals surface area contributed by atoms with Gasteiger partial charge in [-0.1, -0.05) is 11.6 Å². The molecule has 1 aromatic carbocycles. The summed E-state index contributed by atoms with van der Waals surface area (Å²) in [5.41, 5.74) is 1.33. The Kier molecular flexibility index (Phi) is 6.14. The van der Waals surface area contributed by atoms with Crippen molar-refractivity contribution in [2.45, 2.75) is 26.3 Å². The van der Waals surface area contributed by atoms with Crippen LogP contribution in [0.5, 0.6) is 11.5 Å². The van der Waals surface area contributed by atoms with Crippen LogP contribution in [0.2, 0.25) is 5.02 Å². The van der Waals surface area contributed by atoms with Gasteiger partial charge in [0.25, 0.3) is 0 Å². The SMILES string of the molecule is CCOc1c(Cl)cc(CNC(=NC)N2CCC3(CCOC3)C2)cc1OC. The van der Waals surface area contributed by atoms with Crippen molar-refractivity contribution in [2.24, 2.45) is 10.4 Å². The number of guanidine groups is 1. The number of nitrogens with zero attached hydrogens (tertiary/aromatic N) is 2. The van der Waals surface area contributed by atoms with Crippen LogP contribution in [0, 0.1) is 5.41 Å². The molecule has 2 heterocycles. The van der Waals surface area contributed by atoms with Crippen molar-refractivity contribution in [2.75, 3.05) is 47.1 Å². The van der Waals surface area contributed by atoms with Gasteiger partial charge in [-0.25, -0.2) is 0 Å². The summed E-state index contributed by atoms with van der Waals surface area (Å²) in [6.45, 7) is 6.84. The minimum Gasteiger partial charge on any atom is -0.493 e. The molecule has 3 rings (SSSR count). The van der Waals surface area contributed by atoms with E-state index in [0.29, 0.717) is 35.1 Å². The fourth-order valence-corrected chi connectivity index (χ4v) is 4.05. The van der Waals surface area contributed by atoms with Gasteiger partial charge in [0, 0.05) is 38.7 Å². The lowest BCUT2D eigenvalue weighted by molar-refractivity contribution is 0.156. The zero-order chi connectivity index (χ0) is 18.6. The predicted molar refractivity (Wildman–Crippen MR) is 103 cm³/mol. The number of ether oxygens (including phenoxy) is 3. The maximum absolute atomic E-state index is 6.36. The molecule has 26 heavy (non-hydrogen) atoms. The van der Waals surface area contributed by atoms with Crippen molar-refractivity contribution in [1.29, 1.82) is 0 Å². The first kappa shape index (κ1) is 19.1. The van der Waals surface area contributed by atoms with Crippen LogP contribution in [0.25, 0.3) is 0 Å². The summed E-state index contributed by atoms with van der Waals surface area (Å²) in [7, 11) is 3.45. The van der Waals surface area contributed by atoms with Gasteiger partial charge in [-0.3, -0.25) is 4.99 Å². The summed E-state index contributed by atoms with van der Waals surface area (Å²) in [6, 6.07) is 3.86. The summed E-state index contributed by atoms with van der Waals surface area (Å²) in [5, 5.41) is 4.00. The van der Waals surface area contributed by atoms with Crippen molar-refractivity contribution < 1.29 is 14.2 Å². The van der Waals surface area contributed by atoms with Gasteiger partial charge in [-0.05, 0) is 37.5 Å². The number of methoxy groups -OCH3 is 1. The predicted octanol–water partition coefficient (Wildman–Crippen LogP) is 2.94. The number of rotatable bonds is 5. The Labute approximate surface area is 160 Å². The zero-order valence-corrected chi connectivity index (χ0v) is 16.6. The normalized spacial score (nSPS) is 22.9. The molecule has 1 spiro atoms. The second-order valence-electron chi connectivity index (χ2n) is 6.92. The standard InChI is InChI=1S/C19H28ClN3O3/c1-4-26-17-15(20)9-14(10-16(17)24-3)11-22-18(21-2)23-7-5-19(12-23)6-8-25-13-19/h9-10H,4-8,11-13H2,1-3H3,(H,21,22). The molecule has 2 aliphatic rings. The molecule has 0 radical (unpaired) electrons. The molecule has 1 aromatic rings. The fourth-order valence-electron chi connectivity index (χ4n) is 3.76. The quantitative estimate of drug-likeness (QED) is 0.627. The summed E-state index contributed by atoms with van der Waals surface area (Å²) < 4.78 is 16.6. The summed E-state index contributed by atoms with van der Waals surface area (Å²) >= 11 is 6.36. The number of hydrogen-bond donors (Lipinski definition) is 1. The van der Waals surface area contributed by atoms with Gasteiger partial charge in [0.2, 0.25) is 0 Å². The van der Waals surface area contributed by atoms with E-state index in [0.717, 1.165) is 50.7 Å². The molecule has 0 saturated carbocycles. The lowest BCUT2D eigenvalue weighted by Crippen LogP contribution is -2.41. The monoisotopic (exact) mass is 381 g/mol. The van der Waals surface area contributed by atoms with Crippen molar-refractivity contribution in [3.05, 3.63) is 22.7 Å². The first-order valence-electron chi connectivity index (χ1n) is 9.13. The molecule has 1 atom stereocenters. The van der Waals surface area contributed by atoms with E-state index in [1.165, 1.54) is 0 Å². The largest absolute Gasteiger partial charge is 0.493 e. The maximum Gasteiger partial charge on any atom is 0.193 e. The fraction of sp³-hybridized carbons (Fsp3) is 0.632. The van der Waals surface area contributed by atoms with Crippen LogP contribution in [0.1, 0.15) is 25.3 Å². The molecule has 1 N–H and O–H groups in total. The molecular weight excluding hydrogens is 354 g/mol. The van der Waals surface area contributed by atoms with Gasteiger partial charge in [0.15, 0.2) is 17.5 Å². The number of hydrogen-bond acceptors (Lipinski definition) is 4. The minimum atomic E-state index is 0.309. The third-order valence-corrected chi connectivity index (χ3v) is 5.44. The molecule has 0 aliphatic carbocycles. The Morgan fingerprint density at radius 3 is 2.92 bits per heavy atom. The molecule has 0 amide bonds. The maximum atomic E-state index is 6.36. The first-order chi connectivity index (χ1) is 12.6. The van der Waals surface area contributed by atoms with Crippen LogP contribution < -0.4 is 14.8 Å². The van der Waals surface area contributed by atoms with Gasteiger partial charge >= 0.3 is 0 Å². The number of likely N-dealkylation sites (tertiary alicyclic amines) is 1. The van der Waals surface area contributed by atoms with Crippen molar-refractivity contribution in [1.82, 2.24) is 10.2 Å². The van der Waals surface area contributed by atoms with Crippen LogP contribution in [0.4, 0.5) is 0 Å². The topological polar surface area (TPSA) is 55.3 Å². The molecule has 1 unspecified atom stereocenters. The van der Waals surface area contributed by atoms with E-state index in [9.17, 15) is 0 Å². The third-order valence-electron chi connectivity index (χ3n) is 5.16. The highest BCUT2D eigenvalue weighted by Crippen LogP contribution is 2.38. The van der Waals surface area contributed by atoms with E-state index in [-0.39, 0.29) is 0 Å². The number of halogens is 1. The molecule has 2 aliphatic heterocycles. The van der Waals surface area contributed by atoms with E-state index in [1.807, 2.05) is 26.1 Å². The van der Waals surface area contributed by atoms with Crippen molar-refractivity contribution >= 4 is 17.6 Å².